The molecular weight excluding hydrogens is 592 g/mol. The SMILES string of the molecule is CCOc1cc(OC[C@H]2COCCN2C(=O)O)c2c(Nc3cnn(CC(=O)Nc4cccc(F)c4F)c3)ncnc2c1.Cl. The molecule has 2 aromatic heterocycles. The minimum absolute atomic E-state index is 0. The molecule has 0 bridgehead atoms. The Kier molecular flexibility index (Phi) is 10.1. The number of fused-ring (bicyclic) bond motifs is 1. The molecule has 2 aromatic carbocycles. The maximum atomic E-state index is 13.9. The van der Waals surface area contributed by atoms with Crippen LogP contribution in [0.3, 0.4) is 0 Å². The van der Waals surface area contributed by atoms with E-state index in [0.29, 0.717) is 47.1 Å². The summed E-state index contributed by atoms with van der Waals surface area (Å²) in [7, 11) is 0. The van der Waals surface area contributed by atoms with Crippen molar-refractivity contribution in [2.45, 2.75) is 19.5 Å². The number of benzene rings is 2. The fourth-order valence-corrected chi connectivity index (χ4v) is 4.41. The first-order valence-corrected chi connectivity index (χ1v) is 13.0. The van der Waals surface area contributed by atoms with Crippen molar-refractivity contribution in [2.24, 2.45) is 0 Å². The van der Waals surface area contributed by atoms with E-state index in [0.717, 1.165) is 6.07 Å². The van der Waals surface area contributed by atoms with Gasteiger partial charge in [-0.15, -0.1) is 12.4 Å². The number of halogens is 3. The third-order valence-electron chi connectivity index (χ3n) is 6.32. The summed E-state index contributed by atoms with van der Waals surface area (Å²) in [5.74, 6) is -1.60. The van der Waals surface area contributed by atoms with E-state index in [9.17, 15) is 23.5 Å². The topological polar surface area (TPSA) is 153 Å². The van der Waals surface area contributed by atoms with Crippen LogP contribution in [-0.2, 0) is 16.1 Å². The lowest BCUT2D eigenvalue weighted by atomic mass is 10.2. The smallest absolute Gasteiger partial charge is 0.407 e. The number of nitrogens with zero attached hydrogens (tertiary/aromatic N) is 5. The molecule has 0 saturated carbocycles. The van der Waals surface area contributed by atoms with Gasteiger partial charge in [0.05, 0.1) is 54.3 Å². The van der Waals surface area contributed by atoms with Crippen LogP contribution in [0.15, 0.2) is 49.1 Å². The van der Waals surface area contributed by atoms with Crippen LogP contribution in [0, 0.1) is 11.6 Å². The Morgan fingerprint density at radius 1 is 1.21 bits per heavy atom. The van der Waals surface area contributed by atoms with Crippen LogP contribution in [0.25, 0.3) is 10.9 Å². The molecule has 43 heavy (non-hydrogen) atoms. The van der Waals surface area contributed by atoms with Gasteiger partial charge < -0.3 is 30.0 Å². The van der Waals surface area contributed by atoms with Gasteiger partial charge in [-0.2, -0.15) is 5.10 Å². The van der Waals surface area contributed by atoms with Crippen LogP contribution >= 0.6 is 12.4 Å². The summed E-state index contributed by atoms with van der Waals surface area (Å²) in [5, 5.41) is 19.7. The summed E-state index contributed by atoms with van der Waals surface area (Å²) < 4.78 is 45.9. The molecule has 228 valence electrons. The van der Waals surface area contributed by atoms with Crippen molar-refractivity contribution in [1.82, 2.24) is 24.6 Å². The first-order chi connectivity index (χ1) is 20.3. The van der Waals surface area contributed by atoms with Crippen LogP contribution in [0.4, 0.5) is 30.8 Å². The molecule has 1 saturated heterocycles. The molecule has 3 N–H and O–H groups in total. The van der Waals surface area contributed by atoms with Crippen LogP contribution in [0.2, 0.25) is 0 Å². The van der Waals surface area contributed by atoms with Crippen LogP contribution in [-0.4, -0.2) is 80.8 Å². The molecular formula is C27H28ClF2N7O6. The van der Waals surface area contributed by atoms with Crippen molar-refractivity contribution in [3.63, 3.8) is 0 Å². The zero-order valence-electron chi connectivity index (χ0n) is 22.8. The number of amides is 2. The molecule has 0 aliphatic carbocycles. The monoisotopic (exact) mass is 619 g/mol. The largest absolute Gasteiger partial charge is 0.494 e. The quantitative estimate of drug-likeness (QED) is 0.237. The number of rotatable bonds is 10. The molecule has 1 aliphatic rings. The molecule has 2 amide bonds. The number of hydrogen-bond acceptors (Lipinski definition) is 9. The molecule has 4 aromatic rings. The highest BCUT2D eigenvalue weighted by Gasteiger charge is 2.28. The van der Waals surface area contributed by atoms with Gasteiger partial charge >= 0.3 is 6.09 Å². The molecule has 13 nitrogen and oxygen atoms in total. The van der Waals surface area contributed by atoms with Gasteiger partial charge in [-0.25, -0.2) is 23.5 Å². The number of carbonyl (C=O) groups excluding carboxylic acids is 1. The molecule has 1 fully saturated rings. The lowest BCUT2D eigenvalue weighted by Gasteiger charge is -2.33. The van der Waals surface area contributed by atoms with Crippen molar-refractivity contribution in [3.05, 3.63) is 60.7 Å². The molecule has 1 atom stereocenters. The molecule has 0 radical (unpaired) electrons. The summed E-state index contributed by atoms with van der Waals surface area (Å²) in [6.45, 7) is 2.73. The van der Waals surface area contributed by atoms with Gasteiger partial charge in [0.1, 0.15) is 36.8 Å². The standard InChI is InChI=1S/C27H27F2N7O6.ClH/c1-2-41-18-8-21-24(22(9-18)42-14-17-13-40-7-6-36(17)27(38)39)26(31-15-30-21)33-16-10-32-35(11-16)12-23(37)34-20-5-3-4-19(28)25(20)29;/h3-5,8-11,15,17H,2,6-7,12-14H2,1H3,(H,34,37)(H,38,39)(H,30,31,33);1H/t17-;/m1./s1. The Morgan fingerprint density at radius 3 is 2.84 bits per heavy atom. The maximum absolute atomic E-state index is 13.9. The fraction of sp³-hybridized carbons (Fsp3) is 0.296. The van der Waals surface area contributed by atoms with Crippen molar-refractivity contribution in [2.75, 3.05) is 43.6 Å². The van der Waals surface area contributed by atoms with Gasteiger partial charge in [-0.1, -0.05) is 6.07 Å². The molecule has 0 unspecified atom stereocenters. The fourth-order valence-electron chi connectivity index (χ4n) is 4.41. The lowest BCUT2D eigenvalue weighted by molar-refractivity contribution is -0.116. The average Bonchev–Trinajstić information content (AvgIpc) is 3.40. The predicted molar refractivity (Wildman–Crippen MR) is 153 cm³/mol. The Balaban J connectivity index is 0.00000423. The number of morpholine rings is 1. The Hall–Kier alpha value is -4.76. The lowest BCUT2D eigenvalue weighted by Crippen LogP contribution is -2.50. The molecule has 0 spiro atoms. The number of aromatic nitrogens is 4. The molecule has 16 heteroatoms. The van der Waals surface area contributed by atoms with Gasteiger partial charge in [0.2, 0.25) is 5.91 Å². The first-order valence-electron chi connectivity index (χ1n) is 13.0. The van der Waals surface area contributed by atoms with Crippen LogP contribution < -0.4 is 20.1 Å². The Morgan fingerprint density at radius 2 is 2.05 bits per heavy atom. The number of anilines is 3. The van der Waals surface area contributed by atoms with E-state index in [2.05, 4.69) is 25.7 Å². The zero-order chi connectivity index (χ0) is 29.6. The Bertz CT molecular complexity index is 1610. The third-order valence-corrected chi connectivity index (χ3v) is 6.32. The maximum Gasteiger partial charge on any atom is 0.407 e. The summed E-state index contributed by atoms with van der Waals surface area (Å²) in [6, 6.07) is 6.38. The zero-order valence-corrected chi connectivity index (χ0v) is 23.6. The van der Waals surface area contributed by atoms with Crippen molar-refractivity contribution >= 4 is 52.5 Å². The summed E-state index contributed by atoms with van der Waals surface area (Å²) in [5.41, 5.74) is 0.702. The number of hydrogen-bond donors (Lipinski definition) is 3. The molecule has 3 heterocycles. The van der Waals surface area contributed by atoms with Gasteiger partial charge in [0.25, 0.3) is 0 Å². The van der Waals surface area contributed by atoms with Gasteiger partial charge in [-0.3, -0.25) is 14.4 Å². The second-order valence-electron chi connectivity index (χ2n) is 9.19. The second kappa shape index (κ2) is 13.9. The van der Waals surface area contributed by atoms with Crippen LogP contribution in [0.1, 0.15) is 6.92 Å². The van der Waals surface area contributed by atoms with Crippen molar-refractivity contribution in [3.8, 4) is 11.5 Å². The van der Waals surface area contributed by atoms with E-state index < -0.39 is 29.7 Å². The van der Waals surface area contributed by atoms with Gasteiger partial charge in [0.15, 0.2) is 11.6 Å². The number of carbonyl (C=O) groups is 2. The third kappa shape index (κ3) is 7.37. The summed E-state index contributed by atoms with van der Waals surface area (Å²) >= 11 is 0. The molecule has 1 aliphatic heterocycles. The molecule has 5 rings (SSSR count). The minimum Gasteiger partial charge on any atom is -0.494 e. The highest BCUT2D eigenvalue weighted by molar-refractivity contribution is 5.97. The van der Waals surface area contributed by atoms with Crippen molar-refractivity contribution < 1.29 is 37.7 Å². The van der Waals surface area contributed by atoms with Crippen LogP contribution in [0.5, 0.6) is 11.5 Å². The van der Waals surface area contributed by atoms with E-state index in [1.165, 1.54) is 40.4 Å². The first kappa shape index (κ1) is 31.2. The minimum atomic E-state index is -1.15. The Labute approximate surface area is 250 Å². The number of nitrogens with one attached hydrogen (secondary N) is 2. The van der Waals surface area contributed by atoms with E-state index >= 15 is 0 Å². The predicted octanol–water partition coefficient (Wildman–Crippen LogP) is 4.06. The van der Waals surface area contributed by atoms with Crippen molar-refractivity contribution in [1.29, 1.82) is 0 Å². The van der Waals surface area contributed by atoms with E-state index in [1.807, 2.05) is 6.92 Å². The highest BCUT2D eigenvalue weighted by atomic mass is 35.5. The van der Waals surface area contributed by atoms with E-state index in [4.69, 9.17) is 14.2 Å². The van der Waals surface area contributed by atoms with E-state index in [-0.39, 0.29) is 44.4 Å². The highest BCUT2D eigenvalue weighted by Crippen LogP contribution is 2.35. The second-order valence-corrected chi connectivity index (χ2v) is 9.19. The van der Waals surface area contributed by atoms with Gasteiger partial charge in [0, 0.05) is 24.9 Å². The summed E-state index contributed by atoms with van der Waals surface area (Å²) in [4.78, 5) is 34.1. The number of carboxylic acid groups (broad SMARTS) is 1. The van der Waals surface area contributed by atoms with E-state index in [1.54, 1.807) is 12.1 Å². The summed E-state index contributed by atoms with van der Waals surface area (Å²) in [6.07, 6.45) is 3.30. The number of ether oxygens (including phenoxy) is 3. The van der Waals surface area contributed by atoms with Gasteiger partial charge in [-0.05, 0) is 19.1 Å². The average molecular weight is 620 g/mol. The normalized spacial score (nSPS) is 14.6.